The molecule has 0 aromatic heterocycles. The zero-order valence-electron chi connectivity index (χ0n) is 24.7. The maximum Gasteiger partial charge on any atom is 0.326 e. The number of nitrogens with two attached hydrogens (primary N) is 1. The summed E-state index contributed by atoms with van der Waals surface area (Å²) < 4.78 is 0. The summed E-state index contributed by atoms with van der Waals surface area (Å²) in [5.74, 6) is -3.24. The van der Waals surface area contributed by atoms with Crippen LogP contribution in [-0.2, 0) is 30.4 Å². The highest BCUT2D eigenvalue weighted by Crippen LogP contribution is 2.41. The Morgan fingerprint density at radius 1 is 1.12 bits per heavy atom. The number of carboxylic acids is 1. The lowest BCUT2D eigenvalue weighted by Crippen LogP contribution is -2.57. The van der Waals surface area contributed by atoms with Gasteiger partial charge in [0.2, 0.25) is 17.7 Å². The van der Waals surface area contributed by atoms with E-state index < -0.39 is 53.3 Å². The Kier molecular flexibility index (Phi) is 10.5. The van der Waals surface area contributed by atoms with Crippen LogP contribution in [0.15, 0.2) is 42.0 Å². The van der Waals surface area contributed by atoms with E-state index in [4.69, 9.17) is 5.73 Å². The molecule has 1 aromatic carbocycles. The molecule has 224 valence electrons. The second kappa shape index (κ2) is 13.4. The van der Waals surface area contributed by atoms with Crippen molar-refractivity contribution in [1.29, 1.82) is 0 Å². The summed E-state index contributed by atoms with van der Waals surface area (Å²) in [5.41, 5.74) is 6.75. The van der Waals surface area contributed by atoms with Crippen molar-refractivity contribution in [2.75, 3.05) is 6.54 Å². The van der Waals surface area contributed by atoms with Crippen molar-refractivity contribution < 1.29 is 29.1 Å². The van der Waals surface area contributed by atoms with Crippen molar-refractivity contribution in [3.05, 3.63) is 47.5 Å². The van der Waals surface area contributed by atoms with Gasteiger partial charge >= 0.3 is 5.97 Å². The first-order valence-electron chi connectivity index (χ1n) is 14.4. The standard InChI is InChI=1S/C31H44N4O6/c1-6-11-22(19(7-2)27(37)34-23(30(40)41)16-18-12-9-8-10-13-18)33-28(38)25-20-14-15-24(36)21(20)17-35(25)29(39)26(32)31(3,4)5/h7-10,12-13,20-23,25-26H,6,11,14-17,32H2,1-5H3,(H,33,38)(H,34,37)(H,40,41)/t20-,21-,22?,23-,25-,26+/m0/s1. The van der Waals surface area contributed by atoms with Gasteiger partial charge in [0, 0.05) is 36.8 Å². The number of carbonyl (C=O) groups is 5. The fourth-order valence-electron chi connectivity index (χ4n) is 5.85. The Morgan fingerprint density at radius 3 is 2.34 bits per heavy atom. The number of carbonyl (C=O) groups excluding carboxylic acids is 4. The van der Waals surface area contributed by atoms with Crippen LogP contribution in [0.3, 0.4) is 0 Å². The van der Waals surface area contributed by atoms with Crippen LogP contribution in [0, 0.1) is 17.3 Å². The van der Waals surface area contributed by atoms with E-state index in [1.165, 1.54) is 4.90 Å². The van der Waals surface area contributed by atoms with Gasteiger partial charge in [-0.15, -0.1) is 0 Å². The summed E-state index contributed by atoms with van der Waals surface area (Å²) in [4.78, 5) is 66.8. The molecule has 41 heavy (non-hydrogen) atoms. The van der Waals surface area contributed by atoms with Crippen molar-refractivity contribution in [2.45, 2.75) is 90.9 Å². The van der Waals surface area contributed by atoms with Crippen LogP contribution in [0.25, 0.3) is 0 Å². The Bertz CT molecular complexity index is 1170. The van der Waals surface area contributed by atoms with Crippen LogP contribution in [0.1, 0.15) is 65.9 Å². The molecule has 0 bridgehead atoms. The molecule has 5 N–H and O–H groups in total. The summed E-state index contributed by atoms with van der Waals surface area (Å²) in [5, 5.41) is 15.4. The number of amides is 3. The zero-order chi connectivity index (χ0) is 30.5. The zero-order valence-corrected chi connectivity index (χ0v) is 24.7. The number of nitrogens with one attached hydrogen (secondary N) is 2. The molecular weight excluding hydrogens is 524 g/mol. The summed E-state index contributed by atoms with van der Waals surface area (Å²) in [7, 11) is 0. The quantitative estimate of drug-likeness (QED) is 0.298. The summed E-state index contributed by atoms with van der Waals surface area (Å²) in [6, 6.07) is 5.40. The third-order valence-electron chi connectivity index (χ3n) is 8.27. The SMILES string of the molecule is CC=C(C(=O)N[C@@H](Cc1ccccc1)C(=O)O)C(CCC)NC(=O)[C@@H]1[C@H]2CCC(=O)[C@H]2CN1C(=O)[C@@H](N)C(C)(C)C. The van der Waals surface area contributed by atoms with E-state index in [1.807, 2.05) is 33.8 Å². The molecular formula is C31H44N4O6. The van der Waals surface area contributed by atoms with Crippen molar-refractivity contribution in [3.63, 3.8) is 0 Å². The average Bonchev–Trinajstić information content (AvgIpc) is 3.47. The summed E-state index contributed by atoms with van der Waals surface area (Å²) in [6.07, 6.45) is 3.61. The molecule has 3 rings (SSSR count). The molecule has 1 aliphatic carbocycles. The normalized spacial score (nSPS) is 23.0. The van der Waals surface area contributed by atoms with E-state index in [1.54, 1.807) is 37.3 Å². The van der Waals surface area contributed by atoms with Crippen LogP contribution in [0.5, 0.6) is 0 Å². The molecule has 10 nitrogen and oxygen atoms in total. The second-order valence-corrected chi connectivity index (χ2v) is 12.2. The van der Waals surface area contributed by atoms with E-state index in [2.05, 4.69) is 10.6 Å². The Hall–Kier alpha value is -3.53. The molecule has 1 aromatic rings. The lowest BCUT2D eigenvalue weighted by atomic mass is 9.86. The highest BCUT2D eigenvalue weighted by molar-refractivity contribution is 5.99. The van der Waals surface area contributed by atoms with Crippen molar-refractivity contribution in [2.24, 2.45) is 23.0 Å². The second-order valence-electron chi connectivity index (χ2n) is 12.2. The number of allylic oxidation sites excluding steroid dienone is 1. The fraction of sp³-hybridized carbons (Fsp3) is 0.581. The van der Waals surface area contributed by atoms with Crippen LogP contribution < -0.4 is 16.4 Å². The molecule has 1 saturated heterocycles. The molecule has 1 heterocycles. The minimum atomic E-state index is -1.17. The number of fused-ring (bicyclic) bond motifs is 1. The van der Waals surface area contributed by atoms with Gasteiger partial charge in [-0.3, -0.25) is 19.2 Å². The highest BCUT2D eigenvalue weighted by atomic mass is 16.4. The van der Waals surface area contributed by atoms with Gasteiger partial charge in [0.1, 0.15) is 17.9 Å². The molecule has 0 radical (unpaired) electrons. The minimum absolute atomic E-state index is 0.0455. The molecule has 3 amide bonds. The Labute approximate surface area is 242 Å². The Morgan fingerprint density at radius 2 is 1.78 bits per heavy atom. The van der Waals surface area contributed by atoms with Crippen LogP contribution in [0.4, 0.5) is 0 Å². The fourth-order valence-corrected chi connectivity index (χ4v) is 5.85. The van der Waals surface area contributed by atoms with Gasteiger partial charge in [0.05, 0.1) is 12.1 Å². The van der Waals surface area contributed by atoms with E-state index >= 15 is 0 Å². The lowest BCUT2D eigenvalue weighted by molar-refractivity contribution is -0.142. The first-order chi connectivity index (χ1) is 19.3. The first-order valence-corrected chi connectivity index (χ1v) is 14.4. The van der Waals surface area contributed by atoms with Gasteiger partial charge in [-0.1, -0.05) is 70.5 Å². The van der Waals surface area contributed by atoms with Gasteiger partial charge in [0.25, 0.3) is 0 Å². The van der Waals surface area contributed by atoms with E-state index in [9.17, 15) is 29.1 Å². The third kappa shape index (κ3) is 7.41. The number of hydrogen-bond acceptors (Lipinski definition) is 6. The number of Topliss-reactive ketones (excluding diaryl/α,β-unsaturated/α-hetero) is 1. The molecule has 1 saturated carbocycles. The van der Waals surface area contributed by atoms with Gasteiger partial charge in [-0.25, -0.2) is 4.79 Å². The Balaban J connectivity index is 1.82. The predicted molar refractivity (Wildman–Crippen MR) is 154 cm³/mol. The first kappa shape index (κ1) is 32.0. The summed E-state index contributed by atoms with van der Waals surface area (Å²) in [6.45, 7) is 9.28. The molecule has 0 spiro atoms. The number of likely N-dealkylation sites (tertiary alicyclic amines) is 1. The average molecular weight is 569 g/mol. The number of carboxylic acid groups (broad SMARTS) is 1. The largest absolute Gasteiger partial charge is 0.480 e. The van der Waals surface area contributed by atoms with Gasteiger partial charge in [-0.2, -0.15) is 0 Å². The number of ketones is 1. The van der Waals surface area contributed by atoms with E-state index in [0.717, 1.165) is 5.56 Å². The number of nitrogens with zero attached hydrogens (tertiary/aromatic N) is 1. The van der Waals surface area contributed by atoms with Crippen molar-refractivity contribution in [1.82, 2.24) is 15.5 Å². The lowest BCUT2D eigenvalue weighted by Gasteiger charge is -2.34. The minimum Gasteiger partial charge on any atom is -0.480 e. The van der Waals surface area contributed by atoms with Gasteiger partial charge in [0.15, 0.2) is 0 Å². The van der Waals surface area contributed by atoms with Gasteiger partial charge in [-0.05, 0) is 30.7 Å². The maximum absolute atomic E-state index is 13.9. The van der Waals surface area contributed by atoms with Crippen LogP contribution in [0.2, 0.25) is 0 Å². The van der Waals surface area contributed by atoms with Crippen molar-refractivity contribution in [3.8, 4) is 0 Å². The van der Waals surface area contributed by atoms with Gasteiger partial charge < -0.3 is 26.4 Å². The smallest absolute Gasteiger partial charge is 0.326 e. The van der Waals surface area contributed by atoms with Crippen molar-refractivity contribution >= 4 is 29.5 Å². The molecule has 1 unspecified atom stereocenters. The molecule has 1 aliphatic heterocycles. The highest BCUT2D eigenvalue weighted by Gasteiger charge is 2.54. The van der Waals surface area contributed by atoms with E-state index in [0.29, 0.717) is 25.7 Å². The molecule has 2 aliphatic rings. The number of rotatable bonds is 11. The molecule has 10 heteroatoms. The predicted octanol–water partition coefficient (Wildman–Crippen LogP) is 2.21. The maximum atomic E-state index is 13.9. The van der Waals surface area contributed by atoms with E-state index in [-0.39, 0.29) is 36.1 Å². The monoisotopic (exact) mass is 568 g/mol. The number of aliphatic carboxylic acids is 1. The summed E-state index contributed by atoms with van der Waals surface area (Å²) >= 11 is 0. The topological polar surface area (TPSA) is 159 Å². The van der Waals surface area contributed by atoms with Crippen LogP contribution in [-0.4, -0.2) is 70.2 Å². The molecule has 2 fully saturated rings. The number of benzene rings is 1. The number of hydrogen-bond donors (Lipinski definition) is 4. The third-order valence-corrected chi connectivity index (χ3v) is 8.27. The molecule has 6 atom stereocenters. The van der Waals surface area contributed by atoms with Crippen LogP contribution >= 0.6 is 0 Å².